The number of methoxy groups -OCH3 is 1. The van der Waals surface area contributed by atoms with Crippen molar-refractivity contribution in [2.75, 3.05) is 13.7 Å². The highest BCUT2D eigenvalue weighted by atomic mass is 16.6. The van der Waals surface area contributed by atoms with Gasteiger partial charge in [0.25, 0.3) is 0 Å². The first kappa shape index (κ1) is 17.3. The Kier molecular flexibility index (Phi) is 4.53. The monoisotopic (exact) mass is 353 g/mol. The van der Waals surface area contributed by atoms with Gasteiger partial charge in [-0.2, -0.15) is 0 Å². The number of benzene rings is 2. The Morgan fingerprint density at radius 1 is 1.04 bits per heavy atom. The number of aliphatic hydroxyl groups excluding tert-OH is 1. The van der Waals surface area contributed by atoms with Crippen LogP contribution < -0.4 is 4.74 Å². The van der Waals surface area contributed by atoms with Gasteiger partial charge in [-0.15, -0.1) is 0 Å². The summed E-state index contributed by atoms with van der Waals surface area (Å²) in [4.78, 5) is 35.8. The number of nitro groups is 1. The van der Waals surface area contributed by atoms with Crippen LogP contribution in [0, 0.1) is 10.1 Å². The van der Waals surface area contributed by atoms with Gasteiger partial charge in [0.1, 0.15) is 11.5 Å². The molecule has 2 aromatic carbocycles. The fraction of sp³-hybridized carbons (Fsp3) is 0.158. The molecule has 0 aliphatic heterocycles. The van der Waals surface area contributed by atoms with E-state index in [1.807, 2.05) is 0 Å². The van der Waals surface area contributed by atoms with E-state index in [0.717, 1.165) is 0 Å². The number of carbonyl (C=O) groups excluding carboxylic acids is 2. The predicted octanol–water partition coefficient (Wildman–Crippen LogP) is 2.79. The van der Waals surface area contributed by atoms with Crippen LogP contribution in [0.4, 0.5) is 0 Å². The molecule has 1 aliphatic carbocycles. The second-order valence-electron chi connectivity index (χ2n) is 5.78. The molecule has 3 rings (SSSR count). The van der Waals surface area contributed by atoms with Crippen LogP contribution in [0.1, 0.15) is 27.4 Å². The van der Waals surface area contributed by atoms with Crippen molar-refractivity contribution in [3.63, 3.8) is 0 Å². The number of rotatable bonds is 5. The minimum atomic E-state index is -1.12. The Morgan fingerprint density at radius 2 is 1.65 bits per heavy atom. The van der Waals surface area contributed by atoms with Gasteiger partial charge in [-0.25, -0.2) is 0 Å². The first-order valence-electron chi connectivity index (χ1n) is 7.82. The van der Waals surface area contributed by atoms with Crippen molar-refractivity contribution in [2.24, 2.45) is 0 Å². The second kappa shape index (κ2) is 6.79. The molecule has 0 fully saturated rings. The van der Waals surface area contributed by atoms with Crippen LogP contribution in [0.25, 0.3) is 5.76 Å². The summed E-state index contributed by atoms with van der Waals surface area (Å²) in [6.45, 7) is -0.666. The summed E-state index contributed by atoms with van der Waals surface area (Å²) in [7, 11) is 1.40. The molecule has 0 bridgehead atoms. The lowest BCUT2D eigenvalue weighted by atomic mass is 9.79. The number of para-hydroxylation sites is 1. The normalized spacial score (nSPS) is 14.8. The minimum absolute atomic E-state index is 0.0821. The Morgan fingerprint density at radius 3 is 2.31 bits per heavy atom. The Labute approximate surface area is 148 Å². The molecule has 0 radical (unpaired) electrons. The van der Waals surface area contributed by atoms with E-state index >= 15 is 0 Å². The fourth-order valence-electron chi connectivity index (χ4n) is 3.16. The number of ketones is 2. The third kappa shape index (κ3) is 2.83. The van der Waals surface area contributed by atoms with Gasteiger partial charge in [0.05, 0.1) is 18.6 Å². The zero-order valence-corrected chi connectivity index (χ0v) is 13.8. The second-order valence-corrected chi connectivity index (χ2v) is 5.78. The molecule has 0 spiro atoms. The van der Waals surface area contributed by atoms with Crippen molar-refractivity contribution in [3.05, 3.63) is 80.9 Å². The minimum Gasteiger partial charge on any atom is -0.507 e. The number of Topliss-reactive ketones (excluding diaryl/α,β-unsaturated/α-hetero) is 2. The summed E-state index contributed by atoms with van der Waals surface area (Å²) in [6.07, 6.45) is 0. The highest BCUT2D eigenvalue weighted by Gasteiger charge is 2.40. The van der Waals surface area contributed by atoms with E-state index in [2.05, 4.69) is 0 Å². The van der Waals surface area contributed by atoms with Gasteiger partial charge < -0.3 is 9.84 Å². The molecule has 0 unspecified atom stereocenters. The van der Waals surface area contributed by atoms with Crippen molar-refractivity contribution in [1.82, 2.24) is 0 Å². The molecule has 0 aromatic heterocycles. The number of nitrogens with zero attached hydrogens (tertiary/aromatic N) is 1. The Balaban J connectivity index is 2.25. The van der Waals surface area contributed by atoms with Gasteiger partial charge in [0.2, 0.25) is 18.1 Å². The van der Waals surface area contributed by atoms with E-state index in [-0.39, 0.29) is 16.7 Å². The van der Waals surface area contributed by atoms with Crippen molar-refractivity contribution in [2.45, 2.75) is 5.92 Å². The SMILES string of the molecule is COc1ccccc1[C@@H](C[N+](=O)[O-])C1=C(O)c2ccccc2C(=O)C1=O. The number of ether oxygens (including phenoxy) is 1. The first-order valence-corrected chi connectivity index (χ1v) is 7.82. The van der Waals surface area contributed by atoms with E-state index in [0.29, 0.717) is 11.3 Å². The molecule has 1 N–H and O–H groups in total. The van der Waals surface area contributed by atoms with Crippen molar-refractivity contribution in [3.8, 4) is 5.75 Å². The number of aliphatic hydroxyl groups is 1. The standard InChI is InChI=1S/C19H15NO6/c1-26-15-9-5-4-6-11(15)14(10-20(24)25)16-17(21)12-7-2-3-8-13(12)18(22)19(16)23/h2-9,14,21H,10H2,1H3/t14-/m1/s1. The number of fused-ring (bicyclic) bond motifs is 1. The zero-order chi connectivity index (χ0) is 18.8. The van der Waals surface area contributed by atoms with E-state index < -0.39 is 34.7 Å². The average Bonchev–Trinajstić information content (AvgIpc) is 2.65. The van der Waals surface area contributed by atoms with Crippen LogP contribution in [0.3, 0.4) is 0 Å². The van der Waals surface area contributed by atoms with Crippen LogP contribution in [0.2, 0.25) is 0 Å². The van der Waals surface area contributed by atoms with Gasteiger partial charge in [-0.3, -0.25) is 19.7 Å². The van der Waals surface area contributed by atoms with Gasteiger partial charge in [0, 0.05) is 21.6 Å². The van der Waals surface area contributed by atoms with Crippen LogP contribution in [-0.4, -0.2) is 35.3 Å². The molecule has 1 atom stereocenters. The topological polar surface area (TPSA) is 107 Å². The predicted molar refractivity (Wildman–Crippen MR) is 92.9 cm³/mol. The summed E-state index contributed by atoms with van der Waals surface area (Å²) in [5.41, 5.74) is 0.345. The van der Waals surface area contributed by atoms with E-state index in [4.69, 9.17) is 4.74 Å². The van der Waals surface area contributed by atoms with E-state index in [9.17, 15) is 24.8 Å². The quantitative estimate of drug-likeness (QED) is 0.503. The van der Waals surface area contributed by atoms with Crippen LogP contribution in [0.15, 0.2) is 54.1 Å². The smallest absolute Gasteiger partial charge is 0.234 e. The van der Waals surface area contributed by atoms with Crippen molar-refractivity contribution in [1.29, 1.82) is 0 Å². The van der Waals surface area contributed by atoms with Crippen LogP contribution >= 0.6 is 0 Å². The summed E-state index contributed by atoms with van der Waals surface area (Å²) in [6, 6.07) is 12.6. The summed E-state index contributed by atoms with van der Waals surface area (Å²) in [5, 5.41) is 21.9. The molecule has 7 heteroatoms. The van der Waals surface area contributed by atoms with Crippen molar-refractivity contribution < 1.29 is 24.4 Å². The highest BCUT2D eigenvalue weighted by molar-refractivity contribution is 6.52. The van der Waals surface area contributed by atoms with Crippen molar-refractivity contribution >= 4 is 17.3 Å². The lowest BCUT2D eigenvalue weighted by Crippen LogP contribution is -2.30. The lowest BCUT2D eigenvalue weighted by molar-refractivity contribution is -0.481. The summed E-state index contributed by atoms with van der Waals surface area (Å²) < 4.78 is 5.24. The van der Waals surface area contributed by atoms with E-state index in [1.165, 1.54) is 19.2 Å². The van der Waals surface area contributed by atoms with Gasteiger partial charge in [-0.05, 0) is 6.07 Å². The molecule has 0 saturated heterocycles. The van der Waals surface area contributed by atoms with E-state index in [1.54, 1.807) is 36.4 Å². The molecule has 2 aromatic rings. The zero-order valence-electron chi connectivity index (χ0n) is 13.8. The largest absolute Gasteiger partial charge is 0.507 e. The van der Waals surface area contributed by atoms with Crippen LogP contribution in [-0.2, 0) is 4.79 Å². The summed E-state index contributed by atoms with van der Waals surface area (Å²) >= 11 is 0. The molecule has 0 amide bonds. The molecule has 0 saturated carbocycles. The number of hydrogen-bond donors (Lipinski definition) is 1. The summed E-state index contributed by atoms with van der Waals surface area (Å²) in [5.74, 6) is -2.94. The molecular weight excluding hydrogens is 338 g/mol. The van der Waals surface area contributed by atoms with Crippen LogP contribution in [0.5, 0.6) is 5.75 Å². The highest BCUT2D eigenvalue weighted by Crippen LogP contribution is 2.39. The molecule has 132 valence electrons. The number of carbonyl (C=O) groups is 2. The van der Waals surface area contributed by atoms with Gasteiger partial charge in [0.15, 0.2) is 0 Å². The Bertz CT molecular complexity index is 947. The third-order valence-electron chi connectivity index (χ3n) is 4.33. The lowest BCUT2D eigenvalue weighted by Gasteiger charge is -2.23. The van der Waals surface area contributed by atoms with Gasteiger partial charge in [-0.1, -0.05) is 42.5 Å². The average molecular weight is 353 g/mol. The maximum atomic E-state index is 12.7. The maximum Gasteiger partial charge on any atom is 0.234 e. The number of hydrogen-bond acceptors (Lipinski definition) is 6. The fourth-order valence-corrected chi connectivity index (χ4v) is 3.16. The maximum absolute atomic E-state index is 12.7. The molecule has 0 heterocycles. The first-order chi connectivity index (χ1) is 12.5. The molecular formula is C19H15NO6. The van der Waals surface area contributed by atoms with Gasteiger partial charge >= 0.3 is 0 Å². The molecule has 26 heavy (non-hydrogen) atoms. The molecule has 7 nitrogen and oxygen atoms in total. The Hall–Kier alpha value is -3.48. The third-order valence-corrected chi connectivity index (χ3v) is 4.33. The molecule has 1 aliphatic rings.